The molecule has 1 amide bonds. The van der Waals surface area contributed by atoms with Crippen LogP contribution in [0.2, 0.25) is 0 Å². The van der Waals surface area contributed by atoms with Gasteiger partial charge in [-0.05, 0) is 32.0 Å². The highest BCUT2D eigenvalue weighted by molar-refractivity contribution is 5.95. The normalized spacial score (nSPS) is 10.3. The predicted octanol–water partition coefficient (Wildman–Crippen LogP) is 1.89. The quantitative estimate of drug-likeness (QED) is 0.813. The molecule has 0 atom stereocenters. The Morgan fingerprint density at radius 3 is 2.85 bits per heavy atom. The molecule has 0 spiro atoms. The minimum absolute atomic E-state index is 0.228. The van der Waals surface area contributed by atoms with Gasteiger partial charge >= 0.3 is 0 Å². The molecule has 6 nitrogen and oxygen atoms in total. The first-order valence-electron chi connectivity index (χ1n) is 6.33. The highest BCUT2D eigenvalue weighted by Gasteiger charge is 2.10. The number of benzene rings is 1. The molecule has 1 aromatic heterocycles. The van der Waals surface area contributed by atoms with Gasteiger partial charge in [-0.1, -0.05) is 5.16 Å². The van der Waals surface area contributed by atoms with Crippen molar-refractivity contribution in [3.8, 4) is 5.75 Å². The minimum atomic E-state index is -0.228. The summed E-state index contributed by atoms with van der Waals surface area (Å²) in [7, 11) is 0. The lowest BCUT2D eigenvalue weighted by molar-refractivity contribution is 0.0947. The lowest BCUT2D eigenvalue weighted by Crippen LogP contribution is -2.22. The van der Waals surface area contributed by atoms with E-state index in [1.165, 1.54) is 0 Å². The molecule has 0 saturated carbocycles. The van der Waals surface area contributed by atoms with Crippen molar-refractivity contribution in [2.45, 2.75) is 20.4 Å². The summed E-state index contributed by atoms with van der Waals surface area (Å²) in [5, 5.41) is 6.49. The van der Waals surface area contributed by atoms with Crippen LogP contribution in [-0.4, -0.2) is 17.7 Å². The third kappa shape index (κ3) is 3.28. The Kier molecular flexibility index (Phi) is 4.24. The van der Waals surface area contributed by atoms with Gasteiger partial charge in [0, 0.05) is 11.6 Å². The summed E-state index contributed by atoms with van der Waals surface area (Å²) in [6.45, 7) is 4.51. The monoisotopic (exact) mass is 275 g/mol. The van der Waals surface area contributed by atoms with Crippen molar-refractivity contribution >= 4 is 11.6 Å². The Morgan fingerprint density at radius 1 is 1.45 bits per heavy atom. The number of nitrogens with zero attached hydrogens (tertiary/aromatic N) is 1. The van der Waals surface area contributed by atoms with Gasteiger partial charge in [-0.25, -0.2) is 0 Å². The van der Waals surface area contributed by atoms with Gasteiger partial charge in [0.05, 0.1) is 24.5 Å². The van der Waals surface area contributed by atoms with E-state index >= 15 is 0 Å². The first-order chi connectivity index (χ1) is 9.60. The van der Waals surface area contributed by atoms with Crippen molar-refractivity contribution in [3.05, 3.63) is 41.3 Å². The van der Waals surface area contributed by atoms with Gasteiger partial charge < -0.3 is 20.3 Å². The molecule has 0 bridgehead atoms. The summed E-state index contributed by atoms with van der Waals surface area (Å²) in [6, 6.07) is 6.72. The fraction of sp³-hybridized carbons (Fsp3) is 0.286. The second-order valence-electron chi connectivity index (χ2n) is 4.30. The molecule has 106 valence electrons. The third-order valence-corrected chi connectivity index (χ3v) is 2.67. The van der Waals surface area contributed by atoms with Crippen LogP contribution in [-0.2, 0) is 6.54 Å². The second kappa shape index (κ2) is 6.10. The number of hydrogen-bond acceptors (Lipinski definition) is 5. The molecular weight excluding hydrogens is 258 g/mol. The summed E-state index contributed by atoms with van der Waals surface area (Å²) in [5.74, 6) is 0.957. The summed E-state index contributed by atoms with van der Waals surface area (Å²) in [6.07, 6.45) is 0. The van der Waals surface area contributed by atoms with E-state index in [0.29, 0.717) is 29.4 Å². The number of aromatic nitrogens is 1. The van der Waals surface area contributed by atoms with Crippen LogP contribution in [0.1, 0.15) is 28.7 Å². The minimum Gasteiger partial charge on any atom is -0.492 e. The van der Waals surface area contributed by atoms with Gasteiger partial charge in [0.1, 0.15) is 5.75 Å². The largest absolute Gasteiger partial charge is 0.492 e. The summed E-state index contributed by atoms with van der Waals surface area (Å²) in [5.41, 5.74) is 7.51. The fourth-order valence-corrected chi connectivity index (χ4v) is 1.75. The number of hydrogen-bond donors (Lipinski definition) is 2. The standard InChI is InChI=1S/C14H17N3O3/c1-3-19-13-5-4-10(7-12(13)15)14(18)16-8-11-6-9(2)17-20-11/h4-7H,3,8,15H2,1-2H3,(H,16,18). The van der Waals surface area contributed by atoms with Crippen molar-refractivity contribution < 1.29 is 14.1 Å². The topological polar surface area (TPSA) is 90.4 Å². The molecule has 0 unspecified atom stereocenters. The van der Waals surface area contributed by atoms with Crippen molar-refractivity contribution in [1.29, 1.82) is 0 Å². The molecule has 0 fully saturated rings. The van der Waals surface area contributed by atoms with Crippen LogP contribution in [0.4, 0.5) is 5.69 Å². The summed E-state index contributed by atoms with van der Waals surface area (Å²) in [4.78, 5) is 12.0. The fourth-order valence-electron chi connectivity index (χ4n) is 1.75. The maximum Gasteiger partial charge on any atom is 0.251 e. The summed E-state index contributed by atoms with van der Waals surface area (Å²) < 4.78 is 10.3. The molecule has 0 aliphatic carbocycles. The van der Waals surface area contributed by atoms with Crippen LogP contribution in [0.25, 0.3) is 0 Å². The van der Waals surface area contributed by atoms with Gasteiger partial charge in [-0.2, -0.15) is 0 Å². The van der Waals surface area contributed by atoms with Crippen LogP contribution >= 0.6 is 0 Å². The number of carbonyl (C=O) groups excluding carboxylic acids is 1. The van der Waals surface area contributed by atoms with E-state index in [1.807, 2.05) is 13.8 Å². The lowest BCUT2D eigenvalue weighted by atomic mass is 10.1. The highest BCUT2D eigenvalue weighted by Crippen LogP contribution is 2.22. The second-order valence-corrected chi connectivity index (χ2v) is 4.30. The average molecular weight is 275 g/mol. The Balaban J connectivity index is 2.00. The van der Waals surface area contributed by atoms with E-state index in [0.717, 1.165) is 5.69 Å². The van der Waals surface area contributed by atoms with E-state index in [9.17, 15) is 4.79 Å². The Morgan fingerprint density at radius 2 is 2.25 bits per heavy atom. The van der Waals surface area contributed by atoms with Crippen LogP contribution in [0.15, 0.2) is 28.8 Å². The molecule has 2 aromatic rings. The zero-order valence-corrected chi connectivity index (χ0v) is 11.5. The van der Waals surface area contributed by atoms with E-state index in [2.05, 4.69) is 10.5 Å². The van der Waals surface area contributed by atoms with E-state index in [4.69, 9.17) is 15.0 Å². The van der Waals surface area contributed by atoms with Gasteiger partial charge in [-0.15, -0.1) is 0 Å². The van der Waals surface area contributed by atoms with Crippen molar-refractivity contribution in [3.63, 3.8) is 0 Å². The van der Waals surface area contributed by atoms with E-state index in [-0.39, 0.29) is 12.5 Å². The highest BCUT2D eigenvalue weighted by atomic mass is 16.5. The van der Waals surface area contributed by atoms with Gasteiger partial charge in [-0.3, -0.25) is 4.79 Å². The van der Waals surface area contributed by atoms with Crippen molar-refractivity contribution in [2.75, 3.05) is 12.3 Å². The van der Waals surface area contributed by atoms with Crippen LogP contribution in [0, 0.1) is 6.92 Å². The lowest BCUT2D eigenvalue weighted by Gasteiger charge is -2.08. The number of nitrogens with one attached hydrogen (secondary N) is 1. The Labute approximate surface area is 116 Å². The number of anilines is 1. The van der Waals surface area contributed by atoms with Crippen LogP contribution in [0.3, 0.4) is 0 Å². The third-order valence-electron chi connectivity index (χ3n) is 2.67. The number of aryl methyl sites for hydroxylation is 1. The molecule has 0 aliphatic rings. The SMILES string of the molecule is CCOc1ccc(C(=O)NCc2cc(C)no2)cc1N. The zero-order valence-electron chi connectivity index (χ0n) is 11.5. The number of rotatable bonds is 5. The van der Waals surface area contributed by atoms with Crippen LogP contribution in [0.5, 0.6) is 5.75 Å². The molecule has 6 heteroatoms. The summed E-state index contributed by atoms with van der Waals surface area (Å²) >= 11 is 0. The average Bonchev–Trinajstić information content (AvgIpc) is 2.84. The molecule has 1 aromatic carbocycles. The molecule has 2 rings (SSSR count). The first-order valence-corrected chi connectivity index (χ1v) is 6.33. The molecule has 20 heavy (non-hydrogen) atoms. The maximum atomic E-state index is 12.0. The van der Waals surface area contributed by atoms with Crippen molar-refractivity contribution in [1.82, 2.24) is 10.5 Å². The predicted molar refractivity (Wildman–Crippen MR) is 74.4 cm³/mol. The molecule has 0 aliphatic heterocycles. The van der Waals surface area contributed by atoms with Gasteiger partial charge in [0.2, 0.25) is 0 Å². The number of amides is 1. The number of nitrogens with two attached hydrogens (primary N) is 1. The zero-order chi connectivity index (χ0) is 14.5. The Hall–Kier alpha value is -2.50. The maximum absolute atomic E-state index is 12.0. The van der Waals surface area contributed by atoms with E-state index in [1.54, 1.807) is 24.3 Å². The van der Waals surface area contributed by atoms with E-state index < -0.39 is 0 Å². The molecule has 0 saturated heterocycles. The molecule has 0 radical (unpaired) electrons. The van der Waals surface area contributed by atoms with Crippen molar-refractivity contribution in [2.24, 2.45) is 0 Å². The first kappa shape index (κ1) is 13.9. The number of ether oxygens (including phenoxy) is 1. The number of carbonyl (C=O) groups is 1. The molecule has 3 N–H and O–H groups in total. The van der Waals surface area contributed by atoms with Gasteiger partial charge in [0.25, 0.3) is 5.91 Å². The molecule has 1 heterocycles. The number of nitrogen functional groups attached to an aromatic ring is 1. The smallest absolute Gasteiger partial charge is 0.251 e. The Bertz CT molecular complexity index is 607. The van der Waals surface area contributed by atoms with Crippen LogP contribution < -0.4 is 15.8 Å². The van der Waals surface area contributed by atoms with Gasteiger partial charge in [0.15, 0.2) is 5.76 Å². The molecular formula is C14H17N3O3.